The Morgan fingerprint density at radius 1 is 0.737 bits per heavy atom. The van der Waals surface area contributed by atoms with Gasteiger partial charge in [0, 0.05) is 6.04 Å². The first-order valence-corrected chi connectivity index (χ1v) is 7.21. The van der Waals surface area contributed by atoms with E-state index in [0.717, 1.165) is 6.42 Å². The minimum Gasteiger partial charge on any atom is -0.324 e. The average molecular weight is 253 g/mol. The van der Waals surface area contributed by atoms with Gasteiger partial charge in [0.25, 0.3) is 0 Å². The van der Waals surface area contributed by atoms with Gasteiger partial charge in [-0.25, -0.2) is 0 Å². The van der Waals surface area contributed by atoms with Crippen LogP contribution in [0.15, 0.2) is 60.7 Å². The Bertz CT molecular complexity index is 450. The molecule has 0 aliphatic carbocycles. The molecule has 0 radical (unpaired) electrons. The zero-order valence-corrected chi connectivity index (χ0v) is 11.5. The van der Waals surface area contributed by atoms with Gasteiger partial charge in [0.15, 0.2) is 0 Å². The number of hydrogen-bond acceptors (Lipinski definition) is 1. The van der Waals surface area contributed by atoms with Gasteiger partial charge >= 0.3 is 0 Å². The standard InChI is InChI=1S/C18H23N/c19-18(17-13-7-3-8-14-17)15-9-2-6-12-16-10-4-1-5-11-16/h1,3-5,7-8,10-11,13-14,18H,2,6,9,12,15,19H2. The zero-order valence-electron chi connectivity index (χ0n) is 11.5. The summed E-state index contributed by atoms with van der Waals surface area (Å²) in [5.74, 6) is 0. The largest absolute Gasteiger partial charge is 0.324 e. The van der Waals surface area contributed by atoms with Crippen molar-refractivity contribution in [1.82, 2.24) is 0 Å². The molecule has 1 nitrogen and oxygen atoms in total. The van der Waals surface area contributed by atoms with Crippen LogP contribution in [0.1, 0.15) is 42.9 Å². The molecule has 1 heteroatoms. The van der Waals surface area contributed by atoms with Crippen molar-refractivity contribution in [2.75, 3.05) is 0 Å². The Morgan fingerprint density at radius 3 is 2.05 bits per heavy atom. The van der Waals surface area contributed by atoms with Gasteiger partial charge in [0.2, 0.25) is 0 Å². The van der Waals surface area contributed by atoms with E-state index in [2.05, 4.69) is 54.6 Å². The highest BCUT2D eigenvalue weighted by Gasteiger charge is 2.04. The maximum absolute atomic E-state index is 6.19. The molecule has 0 amide bonds. The topological polar surface area (TPSA) is 26.0 Å². The molecule has 0 aliphatic heterocycles. The summed E-state index contributed by atoms with van der Waals surface area (Å²) < 4.78 is 0. The molecule has 2 N–H and O–H groups in total. The van der Waals surface area contributed by atoms with E-state index in [4.69, 9.17) is 5.73 Å². The summed E-state index contributed by atoms with van der Waals surface area (Å²) >= 11 is 0. The molecule has 2 aromatic rings. The number of rotatable bonds is 7. The van der Waals surface area contributed by atoms with Crippen molar-refractivity contribution in [1.29, 1.82) is 0 Å². The second-order valence-corrected chi connectivity index (χ2v) is 5.10. The molecule has 0 aliphatic rings. The van der Waals surface area contributed by atoms with Crippen molar-refractivity contribution in [2.45, 2.75) is 38.1 Å². The first kappa shape index (κ1) is 13.8. The number of aryl methyl sites for hydroxylation is 1. The Hall–Kier alpha value is -1.60. The fourth-order valence-electron chi connectivity index (χ4n) is 2.38. The molecular formula is C18H23N. The van der Waals surface area contributed by atoms with Crippen molar-refractivity contribution in [3.8, 4) is 0 Å². The molecule has 1 atom stereocenters. The van der Waals surface area contributed by atoms with Crippen molar-refractivity contribution in [2.24, 2.45) is 5.73 Å². The van der Waals surface area contributed by atoms with Crippen molar-refractivity contribution in [3.63, 3.8) is 0 Å². The van der Waals surface area contributed by atoms with Crippen molar-refractivity contribution in [3.05, 3.63) is 71.8 Å². The average Bonchev–Trinajstić information content (AvgIpc) is 2.49. The maximum Gasteiger partial charge on any atom is 0.0294 e. The van der Waals surface area contributed by atoms with Crippen LogP contribution in [0.3, 0.4) is 0 Å². The van der Waals surface area contributed by atoms with Gasteiger partial charge in [-0.1, -0.05) is 73.5 Å². The van der Waals surface area contributed by atoms with Gasteiger partial charge in [0.1, 0.15) is 0 Å². The third-order valence-corrected chi connectivity index (χ3v) is 3.55. The monoisotopic (exact) mass is 253 g/mol. The van der Waals surface area contributed by atoms with Crippen LogP contribution in [0.25, 0.3) is 0 Å². The van der Waals surface area contributed by atoms with Crippen molar-refractivity contribution < 1.29 is 0 Å². The SMILES string of the molecule is NC(CCCCCc1ccccc1)c1ccccc1. The fraction of sp³-hybridized carbons (Fsp3) is 0.333. The minimum atomic E-state index is 0.193. The molecule has 0 bridgehead atoms. The lowest BCUT2D eigenvalue weighted by Gasteiger charge is -2.11. The van der Waals surface area contributed by atoms with E-state index in [-0.39, 0.29) is 6.04 Å². The Balaban J connectivity index is 1.62. The van der Waals surface area contributed by atoms with Gasteiger partial charge in [-0.05, 0) is 30.4 Å². The fourth-order valence-corrected chi connectivity index (χ4v) is 2.38. The molecule has 0 spiro atoms. The predicted octanol–water partition coefficient (Wildman–Crippen LogP) is 4.49. The van der Waals surface area contributed by atoms with Gasteiger partial charge in [-0.3, -0.25) is 0 Å². The van der Waals surface area contributed by atoms with E-state index >= 15 is 0 Å². The third kappa shape index (κ3) is 4.88. The first-order chi connectivity index (χ1) is 9.36. The Labute approximate surface area is 116 Å². The maximum atomic E-state index is 6.19. The quantitative estimate of drug-likeness (QED) is 0.723. The molecule has 0 heterocycles. The number of unbranched alkanes of at least 4 members (excludes halogenated alkanes) is 2. The van der Waals surface area contributed by atoms with Crippen LogP contribution >= 0.6 is 0 Å². The summed E-state index contributed by atoms with van der Waals surface area (Å²) in [6.07, 6.45) is 5.99. The lowest BCUT2D eigenvalue weighted by atomic mass is 10.00. The van der Waals surface area contributed by atoms with E-state index < -0.39 is 0 Å². The van der Waals surface area contributed by atoms with Crippen LogP contribution in [-0.4, -0.2) is 0 Å². The predicted molar refractivity (Wildman–Crippen MR) is 82.0 cm³/mol. The van der Waals surface area contributed by atoms with Crippen LogP contribution in [-0.2, 0) is 6.42 Å². The summed E-state index contributed by atoms with van der Waals surface area (Å²) in [4.78, 5) is 0. The van der Waals surface area contributed by atoms with Gasteiger partial charge in [0.05, 0.1) is 0 Å². The number of hydrogen-bond donors (Lipinski definition) is 1. The smallest absolute Gasteiger partial charge is 0.0294 e. The van der Waals surface area contributed by atoms with E-state index in [0.29, 0.717) is 0 Å². The summed E-state index contributed by atoms with van der Waals surface area (Å²) in [5, 5.41) is 0. The van der Waals surface area contributed by atoms with Crippen LogP contribution in [0.5, 0.6) is 0 Å². The second-order valence-electron chi connectivity index (χ2n) is 5.10. The molecular weight excluding hydrogens is 230 g/mol. The second kappa shape index (κ2) is 7.75. The summed E-state index contributed by atoms with van der Waals surface area (Å²) in [7, 11) is 0. The highest BCUT2D eigenvalue weighted by atomic mass is 14.6. The molecule has 19 heavy (non-hydrogen) atoms. The number of nitrogens with two attached hydrogens (primary N) is 1. The zero-order chi connectivity index (χ0) is 13.3. The lowest BCUT2D eigenvalue weighted by Crippen LogP contribution is -2.09. The molecule has 1 unspecified atom stereocenters. The molecule has 0 saturated carbocycles. The summed E-state index contributed by atoms with van der Waals surface area (Å²) in [5.41, 5.74) is 8.88. The van der Waals surface area contributed by atoms with Crippen LogP contribution in [0.4, 0.5) is 0 Å². The molecule has 2 rings (SSSR count). The van der Waals surface area contributed by atoms with E-state index in [1.54, 1.807) is 0 Å². The molecule has 0 aromatic heterocycles. The van der Waals surface area contributed by atoms with E-state index in [1.807, 2.05) is 6.07 Å². The minimum absolute atomic E-state index is 0.193. The highest BCUT2D eigenvalue weighted by molar-refractivity contribution is 5.18. The highest BCUT2D eigenvalue weighted by Crippen LogP contribution is 2.17. The Morgan fingerprint density at radius 2 is 1.37 bits per heavy atom. The first-order valence-electron chi connectivity index (χ1n) is 7.21. The molecule has 0 fully saturated rings. The lowest BCUT2D eigenvalue weighted by molar-refractivity contribution is 0.570. The Kier molecular flexibility index (Phi) is 5.64. The van der Waals surface area contributed by atoms with Crippen LogP contribution in [0, 0.1) is 0 Å². The van der Waals surface area contributed by atoms with Gasteiger partial charge < -0.3 is 5.73 Å². The van der Waals surface area contributed by atoms with E-state index in [1.165, 1.54) is 36.8 Å². The van der Waals surface area contributed by atoms with Crippen molar-refractivity contribution >= 4 is 0 Å². The molecule has 0 saturated heterocycles. The van der Waals surface area contributed by atoms with E-state index in [9.17, 15) is 0 Å². The third-order valence-electron chi connectivity index (χ3n) is 3.55. The summed E-state index contributed by atoms with van der Waals surface area (Å²) in [6, 6.07) is 21.3. The normalized spacial score (nSPS) is 12.3. The summed E-state index contributed by atoms with van der Waals surface area (Å²) in [6.45, 7) is 0. The van der Waals surface area contributed by atoms with Gasteiger partial charge in [-0.15, -0.1) is 0 Å². The molecule has 2 aromatic carbocycles. The van der Waals surface area contributed by atoms with Crippen LogP contribution < -0.4 is 5.73 Å². The molecule has 100 valence electrons. The number of benzene rings is 2. The van der Waals surface area contributed by atoms with Crippen LogP contribution in [0.2, 0.25) is 0 Å². The van der Waals surface area contributed by atoms with Gasteiger partial charge in [-0.2, -0.15) is 0 Å².